The van der Waals surface area contributed by atoms with Crippen molar-refractivity contribution in [2.45, 2.75) is 0 Å². The van der Waals surface area contributed by atoms with E-state index in [-0.39, 0.29) is 5.91 Å². The number of piperazine rings is 1. The summed E-state index contributed by atoms with van der Waals surface area (Å²) in [5, 5.41) is 11.1. The van der Waals surface area contributed by atoms with E-state index in [1.54, 1.807) is 17.0 Å². The third-order valence-corrected chi connectivity index (χ3v) is 3.26. The molecule has 1 aliphatic heterocycles. The molecule has 0 spiro atoms. The van der Waals surface area contributed by atoms with Crippen LogP contribution in [0.1, 0.15) is 15.9 Å². The molecule has 0 saturated carbocycles. The lowest BCUT2D eigenvalue weighted by Gasteiger charge is -2.27. The highest BCUT2D eigenvalue weighted by molar-refractivity contribution is 5.98. The third-order valence-electron chi connectivity index (χ3n) is 3.26. The van der Waals surface area contributed by atoms with Gasteiger partial charge in [-0.2, -0.15) is 0 Å². The Bertz CT molecular complexity index is 461. The van der Waals surface area contributed by atoms with Gasteiger partial charge >= 0.3 is 0 Å². The van der Waals surface area contributed by atoms with Crippen LogP contribution in [0.15, 0.2) is 24.3 Å². The van der Waals surface area contributed by atoms with E-state index < -0.39 is 0 Å². The molecule has 0 atom stereocenters. The maximum Gasteiger partial charge on any atom is 0.253 e. The predicted octanol–water partition coefficient (Wildman–Crippen LogP) is 0.619. The molecule has 1 aromatic rings. The van der Waals surface area contributed by atoms with Crippen molar-refractivity contribution in [3.8, 4) is 0 Å². The van der Waals surface area contributed by atoms with Gasteiger partial charge in [-0.1, -0.05) is 12.1 Å². The normalized spacial score (nSPS) is 15.2. The molecule has 0 aromatic heterocycles. The lowest BCUT2D eigenvalue weighted by atomic mass is 10.1. The zero-order valence-electron chi connectivity index (χ0n) is 11.4. The molecule has 5 nitrogen and oxygen atoms in total. The molecule has 1 aliphatic rings. The first-order valence-electron chi connectivity index (χ1n) is 6.46. The van der Waals surface area contributed by atoms with Gasteiger partial charge in [0.2, 0.25) is 0 Å². The van der Waals surface area contributed by atoms with E-state index in [9.17, 15) is 4.79 Å². The Balaban J connectivity index is 2.09. The van der Waals surface area contributed by atoms with E-state index in [0.717, 1.165) is 31.7 Å². The minimum absolute atomic E-state index is 0.0735. The zero-order chi connectivity index (χ0) is 13.8. The molecule has 1 fully saturated rings. The van der Waals surface area contributed by atoms with Crippen LogP contribution in [0, 0.1) is 5.41 Å². The summed E-state index contributed by atoms with van der Waals surface area (Å²) in [5.41, 5.74) is 1.51. The van der Waals surface area contributed by atoms with Gasteiger partial charge in [-0.25, -0.2) is 0 Å². The average molecular weight is 260 g/mol. The molecule has 19 heavy (non-hydrogen) atoms. The first-order valence-corrected chi connectivity index (χ1v) is 6.46. The lowest BCUT2D eigenvalue weighted by Crippen LogP contribution is -2.46. The summed E-state index contributed by atoms with van der Waals surface area (Å²) >= 11 is 0. The summed E-state index contributed by atoms with van der Waals surface area (Å²) in [6.07, 6.45) is 0. The topological polar surface area (TPSA) is 59.4 Å². The number of nitrogens with zero attached hydrogens (tertiary/aromatic N) is 2. The van der Waals surface area contributed by atoms with Crippen molar-refractivity contribution < 1.29 is 4.79 Å². The summed E-state index contributed by atoms with van der Waals surface area (Å²) < 4.78 is 0. The van der Waals surface area contributed by atoms with Crippen molar-refractivity contribution in [1.29, 1.82) is 5.41 Å². The van der Waals surface area contributed by atoms with Crippen LogP contribution in [0.4, 0.5) is 0 Å². The van der Waals surface area contributed by atoms with Crippen LogP contribution in [-0.4, -0.2) is 61.8 Å². The molecular formula is C14H20N4O. The number of carbonyl (C=O) groups excluding carboxylic acids is 1. The Morgan fingerprint density at radius 3 is 2.21 bits per heavy atom. The molecule has 0 bridgehead atoms. The number of rotatable bonds is 2. The first-order chi connectivity index (χ1) is 9.09. The van der Waals surface area contributed by atoms with Gasteiger partial charge in [0.1, 0.15) is 5.84 Å². The Morgan fingerprint density at radius 1 is 1.16 bits per heavy atom. The van der Waals surface area contributed by atoms with Gasteiger partial charge in [0.25, 0.3) is 5.91 Å². The SMILES string of the molecule is CN(C)C(=N)c1ccc(C(=O)N2CCNCC2)cc1. The van der Waals surface area contributed by atoms with Gasteiger partial charge in [-0.15, -0.1) is 0 Å². The van der Waals surface area contributed by atoms with Crippen LogP contribution >= 0.6 is 0 Å². The van der Waals surface area contributed by atoms with Gasteiger partial charge < -0.3 is 15.1 Å². The van der Waals surface area contributed by atoms with Crippen LogP contribution in [0.3, 0.4) is 0 Å². The zero-order valence-corrected chi connectivity index (χ0v) is 11.4. The first kappa shape index (κ1) is 13.5. The molecular weight excluding hydrogens is 240 g/mol. The Labute approximate surface area is 113 Å². The fourth-order valence-electron chi connectivity index (χ4n) is 2.08. The second kappa shape index (κ2) is 5.84. The largest absolute Gasteiger partial charge is 0.363 e. The monoisotopic (exact) mass is 260 g/mol. The molecule has 1 aromatic carbocycles. The van der Waals surface area contributed by atoms with Crippen molar-refractivity contribution in [1.82, 2.24) is 15.1 Å². The molecule has 0 radical (unpaired) electrons. The molecule has 102 valence electrons. The van der Waals surface area contributed by atoms with E-state index in [1.807, 2.05) is 31.1 Å². The lowest BCUT2D eigenvalue weighted by molar-refractivity contribution is 0.0736. The fourth-order valence-corrected chi connectivity index (χ4v) is 2.08. The molecule has 0 unspecified atom stereocenters. The van der Waals surface area contributed by atoms with Gasteiger partial charge in [0.15, 0.2) is 0 Å². The second-order valence-electron chi connectivity index (χ2n) is 4.86. The molecule has 2 N–H and O–H groups in total. The van der Waals surface area contributed by atoms with Crippen LogP contribution in [0.25, 0.3) is 0 Å². The van der Waals surface area contributed by atoms with Crippen LogP contribution in [0.5, 0.6) is 0 Å². The molecule has 1 amide bonds. The van der Waals surface area contributed by atoms with Crippen molar-refractivity contribution >= 4 is 11.7 Å². The average Bonchev–Trinajstić information content (AvgIpc) is 2.46. The minimum Gasteiger partial charge on any atom is -0.363 e. The predicted molar refractivity (Wildman–Crippen MR) is 75.7 cm³/mol. The summed E-state index contributed by atoms with van der Waals surface area (Å²) in [6, 6.07) is 7.27. The molecule has 5 heteroatoms. The molecule has 2 rings (SSSR count). The van der Waals surface area contributed by atoms with Gasteiger partial charge in [-0.3, -0.25) is 10.2 Å². The smallest absolute Gasteiger partial charge is 0.253 e. The fraction of sp³-hybridized carbons (Fsp3) is 0.429. The number of carbonyl (C=O) groups is 1. The summed E-state index contributed by atoms with van der Waals surface area (Å²) in [7, 11) is 3.67. The number of hydrogen-bond donors (Lipinski definition) is 2. The summed E-state index contributed by atoms with van der Waals surface area (Å²) in [6.45, 7) is 3.23. The maximum absolute atomic E-state index is 12.2. The standard InChI is InChI=1S/C14H20N4O/c1-17(2)13(15)11-3-5-12(6-4-11)14(19)18-9-7-16-8-10-18/h3-6,15-16H,7-10H2,1-2H3. The highest BCUT2D eigenvalue weighted by Crippen LogP contribution is 2.09. The van der Waals surface area contributed by atoms with Crippen LogP contribution in [-0.2, 0) is 0 Å². The third kappa shape index (κ3) is 3.12. The Kier molecular flexibility index (Phi) is 4.16. The van der Waals surface area contributed by atoms with Crippen molar-refractivity contribution in [2.75, 3.05) is 40.3 Å². The minimum atomic E-state index is 0.0735. The quantitative estimate of drug-likeness (QED) is 0.605. The van der Waals surface area contributed by atoms with Crippen LogP contribution < -0.4 is 5.32 Å². The van der Waals surface area contributed by atoms with E-state index in [2.05, 4.69) is 5.32 Å². The molecule has 1 heterocycles. The second-order valence-corrected chi connectivity index (χ2v) is 4.86. The maximum atomic E-state index is 12.2. The van der Waals surface area contributed by atoms with Crippen molar-refractivity contribution in [3.63, 3.8) is 0 Å². The number of amides is 1. The number of hydrogen-bond acceptors (Lipinski definition) is 3. The van der Waals surface area contributed by atoms with Gasteiger partial charge in [-0.05, 0) is 12.1 Å². The van der Waals surface area contributed by atoms with Gasteiger partial charge in [0.05, 0.1) is 0 Å². The van der Waals surface area contributed by atoms with E-state index in [1.165, 1.54) is 0 Å². The highest BCUT2D eigenvalue weighted by atomic mass is 16.2. The van der Waals surface area contributed by atoms with E-state index in [4.69, 9.17) is 5.41 Å². The van der Waals surface area contributed by atoms with Gasteiger partial charge in [0, 0.05) is 51.4 Å². The highest BCUT2D eigenvalue weighted by Gasteiger charge is 2.17. The van der Waals surface area contributed by atoms with Crippen LogP contribution in [0.2, 0.25) is 0 Å². The number of amidine groups is 1. The number of benzene rings is 1. The van der Waals surface area contributed by atoms with Crippen molar-refractivity contribution in [3.05, 3.63) is 35.4 Å². The summed E-state index contributed by atoms with van der Waals surface area (Å²) in [4.78, 5) is 15.9. The molecule has 1 saturated heterocycles. The van der Waals surface area contributed by atoms with E-state index >= 15 is 0 Å². The Morgan fingerprint density at radius 2 is 1.68 bits per heavy atom. The van der Waals surface area contributed by atoms with E-state index in [0.29, 0.717) is 11.4 Å². The summed E-state index contributed by atoms with van der Waals surface area (Å²) in [5.74, 6) is 0.519. The molecule has 0 aliphatic carbocycles. The van der Waals surface area contributed by atoms with Crippen molar-refractivity contribution in [2.24, 2.45) is 0 Å². The number of nitrogens with one attached hydrogen (secondary N) is 2. The Hall–Kier alpha value is -1.88.